The van der Waals surface area contributed by atoms with E-state index in [0.29, 0.717) is 28.7 Å². The van der Waals surface area contributed by atoms with Crippen LogP contribution in [-0.2, 0) is 4.74 Å². The van der Waals surface area contributed by atoms with Gasteiger partial charge in [-0.15, -0.1) is 0 Å². The Kier molecular flexibility index (Phi) is 6.51. The molecule has 0 saturated heterocycles. The zero-order chi connectivity index (χ0) is 21.7. The van der Waals surface area contributed by atoms with Crippen molar-refractivity contribution in [2.24, 2.45) is 0 Å². The van der Waals surface area contributed by atoms with Crippen molar-refractivity contribution >= 4 is 22.6 Å². The molecule has 0 saturated carbocycles. The van der Waals surface area contributed by atoms with Crippen LogP contribution >= 0.6 is 0 Å². The summed E-state index contributed by atoms with van der Waals surface area (Å²) in [6, 6.07) is 13.2. The highest BCUT2D eigenvalue weighted by molar-refractivity contribution is 6.07. The van der Waals surface area contributed by atoms with Gasteiger partial charge in [0, 0.05) is 10.9 Å². The Labute approximate surface area is 175 Å². The van der Waals surface area contributed by atoms with Gasteiger partial charge in [0.2, 0.25) is 0 Å². The number of ether oxygens (including phenoxy) is 5. The average molecular weight is 411 g/mol. The SMILES string of the molecule is CCOC(=O)Nc1c(-c2ccc(OC)c(OC)c2)ccc2cc(OC)c(OC)cc12. The molecule has 0 bridgehead atoms. The Balaban J connectivity index is 2.26. The number of carbonyl (C=O) groups is 1. The van der Waals surface area contributed by atoms with Crippen molar-refractivity contribution in [1.29, 1.82) is 0 Å². The molecule has 0 aliphatic heterocycles. The predicted molar refractivity (Wildman–Crippen MR) is 116 cm³/mol. The lowest BCUT2D eigenvalue weighted by Gasteiger charge is -2.17. The molecule has 1 amide bonds. The Morgan fingerprint density at radius 1 is 0.800 bits per heavy atom. The van der Waals surface area contributed by atoms with Crippen LogP contribution in [0.25, 0.3) is 21.9 Å². The molecule has 0 atom stereocenters. The van der Waals surface area contributed by atoms with E-state index in [9.17, 15) is 4.79 Å². The molecular weight excluding hydrogens is 386 g/mol. The maximum atomic E-state index is 12.3. The Hall–Kier alpha value is -3.61. The molecule has 7 heteroatoms. The Morgan fingerprint density at radius 2 is 1.43 bits per heavy atom. The van der Waals surface area contributed by atoms with E-state index >= 15 is 0 Å². The fourth-order valence-corrected chi connectivity index (χ4v) is 3.30. The minimum absolute atomic E-state index is 0.263. The third kappa shape index (κ3) is 4.05. The molecule has 7 nitrogen and oxygen atoms in total. The predicted octanol–water partition coefficient (Wildman–Crippen LogP) is 5.11. The maximum absolute atomic E-state index is 12.3. The second-order valence-corrected chi connectivity index (χ2v) is 6.33. The minimum Gasteiger partial charge on any atom is -0.493 e. The molecule has 3 rings (SSSR count). The zero-order valence-electron chi connectivity index (χ0n) is 17.7. The van der Waals surface area contributed by atoms with Gasteiger partial charge in [-0.2, -0.15) is 0 Å². The van der Waals surface area contributed by atoms with Crippen molar-refractivity contribution in [2.45, 2.75) is 6.92 Å². The van der Waals surface area contributed by atoms with Crippen LogP contribution in [0.3, 0.4) is 0 Å². The second-order valence-electron chi connectivity index (χ2n) is 6.33. The van der Waals surface area contributed by atoms with E-state index in [1.165, 1.54) is 0 Å². The van der Waals surface area contributed by atoms with E-state index in [1.807, 2.05) is 42.5 Å². The van der Waals surface area contributed by atoms with Crippen LogP contribution in [0.5, 0.6) is 23.0 Å². The van der Waals surface area contributed by atoms with E-state index in [0.717, 1.165) is 21.9 Å². The topological polar surface area (TPSA) is 75.3 Å². The van der Waals surface area contributed by atoms with Crippen molar-refractivity contribution in [3.63, 3.8) is 0 Å². The first kappa shape index (κ1) is 21.1. The normalized spacial score (nSPS) is 10.4. The third-order valence-electron chi connectivity index (χ3n) is 4.72. The number of hydrogen-bond donors (Lipinski definition) is 1. The quantitative estimate of drug-likeness (QED) is 0.582. The fraction of sp³-hybridized carbons (Fsp3) is 0.261. The molecule has 3 aromatic carbocycles. The maximum Gasteiger partial charge on any atom is 0.411 e. The van der Waals surface area contributed by atoms with Gasteiger partial charge < -0.3 is 23.7 Å². The highest BCUT2D eigenvalue weighted by atomic mass is 16.5. The van der Waals surface area contributed by atoms with Gasteiger partial charge in [0.05, 0.1) is 40.7 Å². The molecule has 30 heavy (non-hydrogen) atoms. The number of hydrogen-bond acceptors (Lipinski definition) is 6. The first-order valence-corrected chi connectivity index (χ1v) is 9.41. The number of fused-ring (bicyclic) bond motifs is 1. The molecule has 0 radical (unpaired) electrons. The van der Waals surface area contributed by atoms with Gasteiger partial charge in [0.25, 0.3) is 0 Å². The summed E-state index contributed by atoms with van der Waals surface area (Å²) >= 11 is 0. The van der Waals surface area contributed by atoms with Gasteiger partial charge in [-0.25, -0.2) is 4.79 Å². The molecule has 0 aliphatic rings. The smallest absolute Gasteiger partial charge is 0.411 e. The fourth-order valence-electron chi connectivity index (χ4n) is 3.30. The number of carbonyl (C=O) groups excluding carboxylic acids is 1. The molecule has 0 spiro atoms. The third-order valence-corrected chi connectivity index (χ3v) is 4.72. The first-order chi connectivity index (χ1) is 14.6. The van der Waals surface area contributed by atoms with E-state index < -0.39 is 6.09 Å². The van der Waals surface area contributed by atoms with Crippen LogP contribution < -0.4 is 24.3 Å². The van der Waals surface area contributed by atoms with Gasteiger partial charge in [-0.3, -0.25) is 5.32 Å². The standard InChI is InChI=1S/C23H25NO6/c1-6-30-23(25)24-22-16(14-8-10-18(26-2)19(11-14)27-3)9-7-15-12-20(28-4)21(29-5)13-17(15)22/h7-13H,6H2,1-5H3,(H,24,25). The second kappa shape index (κ2) is 9.26. The van der Waals surface area contributed by atoms with Crippen LogP contribution in [-0.4, -0.2) is 41.1 Å². The molecule has 0 heterocycles. The van der Waals surface area contributed by atoms with Gasteiger partial charge >= 0.3 is 6.09 Å². The number of anilines is 1. The summed E-state index contributed by atoms with van der Waals surface area (Å²) in [5, 5.41) is 4.54. The molecule has 1 N–H and O–H groups in total. The molecule has 3 aromatic rings. The summed E-state index contributed by atoms with van der Waals surface area (Å²) in [6.45, 7) is 2.02. The molecule has 0 unspecified atom stereocenters. The molecule has 0 fully saturated rings. The molecule has 0 aliphatic carbocycles. The summed E-state index contributed by atoms with van der Waals surface area (Å²) in [4.78, 5) is 12.3. The van der Waals surface area contributed by atoms with Gasteiger partial charge in [-0.05, 0) is 42.1 Å². The van der Waals surface area contributed by atoms with E-state index in [1.54, 1.807) is 35.4 Å². The number of nitrogens with one attached hydrogen (secondary N) is 1. The van der Waals surface area contributed by atoms with Crippen LogP contribution in [0.4, 0.5) is 10.5 Å². The summed E-state index contributed by atoms with van der Waals surface area (Å²) in [7, 11) is 6.32. The monoisotopic (exact) mass is 411 g/mol. The summed E-state index contributed by atoms with van der Waals surface area (Å²) in [5.41, 5.74) is 2.24. The van der Waals surface area contributed by atoms with Gasteiger partial charge in [0.15, 0.2) is 23.0 Å². The van der Waals surface area contributed by atoms with Gasteiger partial charge in [0.1, 0.15) is 0 Å². The number of methoxy groups -OCH3 is 4. The first-order valence-electron chi connectivity index (χ1n) is 9.41. The molecule has 158 valence electrons. The van der Waals surface area contributed by atoms with Crippen LogP contribution in [0.1, 0.15) is 6.92 Å². The minimum atomic E-state index is -0.540. The van der Waals surface area contributed by atoms with Crippen LogP contribution in [0, 0.1) is 0 Å². The Morgan fingerprint density at radius 3 is 2.07 bits per heavy atom. The summed E-state index contributed by atoms with van der Waals surface area (Å²) in [5.74, 6) is 2.37. The van der Waals surface area contributed by atoms with Crippen molar-refractivity contribution < 1.29 is 28.5 Å². The van der Waals surface area contributed by atoms with Crippen LogP contribution in [0.15, 0.2) is 42.5 Å². The molecular formula is C23H25NO6. The average Bonchev–Trinajstić information content (AvgIpc) is 2.77. The lowest BCUT2D eigenvalue weighted by atomic mass is 9.97. The van der Waals surface area contributed by atoms with Crippen molar-refractivity contribution in [2.75, 3.05) is 40.4 Å². The van der Waals surface area contributed by atoms with Crippen LogP contribution in [0.2, 0.25) is 0 Å². The number of amides is 1. The van der Waals surface area contributed by atoms with E-state index in [2.05, 4.69) is 5.32 Å². The van der Waals surface area contributed by atoms with Crippen molar-refractivity contribution in [1.82, 2.24) is 0 Å². The highest BCUT2D eigenvalue weighted by Crippen LogP contribution is 2.42. The van der Waals surface area contributed by atoms with Gasteiger partial charge in [-0.1, -0.05) is 18.2 Å². The van der Waals surface area contributed by atoms with Crippen molar-refractivity contribution in [3.8, 4) is 34.1 Å². The van der Waals surface area contributed by atoms with E-state index in [4.69, 9.17) is 23.7 Å². The largest absolute Gasteiger partial charge is 0.493 e. The van der Waals surface area contributed by atoms with Crippen molar-refractivity contribution in [3.05, 3.63) is 42.5 Å². The zero-order valence-corrected chi connectivity index (χ0v) is 17.7. The lowest BCUT2D eigenvalue weighted by Crippen LogP contribution is -2.14. The highest BCUT2D eigenvalue weighted by Gasteiger charge is 2.17. The molecule has 0 aromatic heterocycles. The lowest BCUT2D eigenvalue weighted by molar-refractivity contribution is 0.168. The number of rotatable bonds is 7. The Bertz CT molecular complexity index is 1060. The summed E-state index contributed by atoms with van der Waals surface area (Å²) in [6.07, 6.45) is -0.540. The van der Waals surface area contributed by atoms with E-state index in [-0.39, 0.29) is 6.61 Å². The number of benzene rings is 3. The summed E-state index contributed by atoms with van der Waals surface area (Å²) < 4.78 is 26.8.